The molecule has 10 heteroatoms. The largest absolute Gasteiger partial charge is 0.489 e. The number of hydrogen-bond acceptors (Lipinski definition) is 7. The number of carbonyl (C=O) groups is 3. The molecule has 1 aromatic carbocycles. The van der Waals surface area contributed by atoms with Gasteiger partial charge in [0, 0.05) is 39.1 Å². The number of hydrogen-bond donors (Lipinski definition) is 2. The van der Waals surface area contributed by atoms with E-state index in [1.807, 2.05) is 17.0 Å². The van der Waals surface area contributed by atoms with Gasteiger partial charge in [-0.2, -0.15) is 0 Å². The lowest BCUT2D eigenvalue weighted by Gasteiger charge is -2.36. The van der Waals surface area contributed by atoms with E-state index in [1.165, 1.54) is 5.69 Å². The maximum absolute atomic E-state index is 12.0. The van der Waals surface area contributed by atoms with Crippen molar-refractivity contribution >= 4 is 23.5 Å². The fourth-order valence-electron chi connectivity index (χ4n) is 4.46. The summed E-state index contributed by atoms with van der Waals surface area (Å²) in [4.78, 5) is 38.0. The molecule has 2 aliphatic rings. The van der Waals surface area contributed by atoms with Gasteiger partial charge in [0.25, 0.3) is 0 Å². The van der Waals surface area contributed by atoms with Crippen molar-refractivity contribution < 1.29 is 33.8 Å². The van der Waals surface area contributed by atoms with E-state index in [4.69, 9.17) is 19.4 Å². The highest BCUT2D eigenvalue weighted by Crippen LogP contribution is 2.30. The Morgan fingerprint density at radius 2 is 1.53 bits per heavy atom. The van der Waals surface area contributed by atoms with E-state index in [0.717, 1.165) is 69.4 Å². The maximum Gasteiger partial charge on any atom is 0.303 e. The zero-order chi connectivity index (χ0) is 27.5. The van der Waals surface area contributed by atoms with Crippen LogP contribution in [-0.4, -0.2) is 76.7 Å². The Labute approximate surface area is 223 Å². The van der Waals surface area contributed by atoms with Gasteiger partial charge in [0.15, 0.2) is 0 Å². The van der Waals surface area contributed by atoms with Crippen LogP contribution < -0.4 is 9.64 Å². The highest BCUT2D eigenvalue weighted by atomic mass is 16.5. The minimum absolute atomic E-state index is 0.167. The van der Waals surface area contributed by atoms with Gasteiger partial charge in [-0.3, -0.25) is 19.3 Å². The minimum Gasteiger partial charge on any atom is -0.489 e. The van der Waals surface area contributed by atoms with Crippen LogP contribution in [0.2, 0.25) is 0 Å². The summed E-state index contributed by atoms with van der Waals surface area (Å²) in [5.41, 5.74) is 1.18. The third kappa shape index (κ3) is 9.41. The Balaban J connectivity index is 0.000000436. The molecule has 2 aromatic rings. The van der Waals surface area contributed by atoms with Crippen molar-refractivity contribution in [1.29, 1.82) is 0 Å². The van der Waals surface area contributed by atoms with Gasteiger partial charge in [-0.05, 0) is 51.0 Å². The molecule has 2 aliphatic heterocycles. The first-order valence-corrected chi connectivity index (χ1v) is 13.2. The van der Waals surface area contributed by atoms with Gasteiger partial charge >= 0.3 is 11.9 Å². The van der Waals surface area contributed by atoms with Gasteiger partial charge in [0.1, 0.15) is 17.3 Å². The molecule has 2 saturated heterocycles. The van der Waals surface area contributed by atoms with Crippen LogP contribution in [0.25, 0.3) is 0 Å². The molecule has 0 saturated carbocycles. The molecule has 10 nitrogen and oxygen atoms in total. The standard InChI is InChI=1S/C24H33N3O3.C4H6O4/c1-19(2)29-23-8-4-3-7-22(23)26-15-13-25(14-16-26)17-20-10-11-21(30-20)18-27-12-6-5-9-24(27)28;5-3(6)1-2-4(7)8/h3-4,7-8,10-11,19H,5-6,9,12-18H2,1-2H3;1-2H2,(H,5,6)(H,7,8). The lowest BCUT2D eigenvalue weighted by Crippen LogP contribution is -2.46. The van der Waals surface area contributed by atoms with E-state index >= 15 is 0 Å². The summed E-state index contributed by atoms with van der Waals surface area (Å²) in [6.07, 6.45) is 2.35. The normalized spacial score (nSPS) is 16.2. The average Bonchev–Trinajstić information content (AvgIpc) is 3.32. The number of anilines is 1. The van der Waals surface area contributed by atoms with Crippen LogP contribution in [0.5, 0.6) is 5.75 Å². The summed E-state index contributed by atoms with van der Waals surface area (Å²) in [5.74, 6) is 0.922. The Bertz CT molecular complexity index is 1050. The number of nitrogens with zero attached hydrogens (tertiary/aromatic N) is 3. The Morgan fingerprint density at radius 1 is 0.895 bits per heavy atom. The van der Waals surface area contributed by atoms with E-state index in [2.05, 4.69) is 47.9 Å². The van der Waals surface area contributed by atoms with E-state index in [9.17, 15) is 14.4 Å². The third-order valence-corrected chi connectivity index (χ3v) is 6.36. The van der Waals surface area contributed by atoms with Crippen LogP contribution in [0.1, 0.15) is 57.5 Å². The molecular weight excluding hydrogens is 490 g/mol. The molecule has 0 unspecified atom stereocenters. The number of para-hydroxylation sites is 2. The topological polar surface area (TPSA) is 124 Å². The monoisotopic (exact) mass is 529 g/mol. The van der Waals surface area contributed by atoms with Crippen molar-refractivity contribution in [3.05, 3.63) is 47.9 Å². The third-order valence-electron chi connectivity index (χ3n) is 6.36. The van der Waals surface area contributed by atoms with Crippen molar-refractivity contribution in [3.63, 3.8) is 0 Å². The van der Waals surface area contributed by atoms with Crippen LogP contribution in [0.15, 0.2) is 40.8 Å². The van der Waals surface area contributed by atoms with Crippen LogP contribution >= 0.6 is 0 Å². The van der Waals surface area contributed by atoms with Crippen molar-refractivity contribution in [2.75, 3.05) is 37.6 Å². The van der Waals surface area contributed by atoms with Crippen molar-refractivity contribution in [2.24, 2.45) is 0 Å². The van der Waals surface area contributed by atoms with Crippen LogP contribution in [0, 0.1) is 0 Å². The molecule has 208 valence electrons. The second kappa shape index (κ2) is 14.4. The molecule has 3 heterocycles. The first kappa shape index (κ1) is 29.0. The summed E-state index contributed by atoms with van der Waals surface area (Å²) in [5, 5.41) is 15.8. The minimum atomic E-state index is -1.08. The van der Waals surface area contributed by atoms with Gasteiger partial charge in [0.05, 0.1) is 37.7 Å². The molecule has 38 heavy (non-hydrogen) atoms. The number of benzene rings is 1. The van der Waals surface area contributed by atoms with Crippen LogP contribution in [0.4, 0.5) is 5.69 Å². The van der Waals surface area contributed by atoms with E-state index < -0.39 is 11.9 Å². The SMILES string of the molecule is CC(C)Oc1ccccc1N1CCN(Cc2ccc(CN3CCCCC3=O)o2)CC1.O=C(O)CCC(=O)O. The first-order valence-electron chi connectivity index (χ1n) is 13.2. The van der Waals surface area contributed by atoms with Crippen LogP contribution in [0.3, 0.4) is 0 Å². The summed E-state index contributed by atoms with van der Waals surface area (Å²) in [6, 6.07) is 12.4. The first-order chi connectivity index (χ1) is 18.2. The fourth-order valence-corrected chi connectivity index (χ4v) is 4.46. The zero-order valence-corrected chi connectivity index (χ0v) is 22.3. The Kier molecular flexibility index (Phi) is 11.0. The van der Waals surface area contributed by atoms with Crippen molar-refractivity contribution in [2.45, 2.75) is 65.1 Å². The zero-order valence-electron chi connectivity index (χ0n) is 22.3. The lowest BCUT2D eigenvalue weighted by molar-refractivity contribution is -0.143. The molecule has 4 rings (SSSR count). The molecular formula is C28H39N3O7. The quantitative estimate of drug-likeness (QED) is 0.472. The van der Waals surface area contributed by atoms with Crippen molar-refractivity contribution in [1.82, 2.24) is 9.80 Å². The van der Waals surface area contributed by atoms with Crippen LogP contribution in [-0.2, 0) is 27.5 Å². The number of carboxylic acids is 2. The smallest absolute Gasteiger partial charge is 0.303 e. The molecule has 0 aliphatic carbocycles. The number of aliphatic carboxylic acids is 2. The molecule has 0 spiro atoms. The number of carboxylic acid groups (broad SMARTS) is 2. The second-order valence-corrected chi connectivity index (χ2v) is 9.83. The number of rotatable bonds is 10. The lowest BCUT2D eigenvalue weighted by atomic mass is 10.1. The summed E-state index contributed by atoms with van der Waals surface area (Å²) in [7, 11) is 0. The highest BCUT2D eigenvalue weighted by molar-refractivity contribution is 5.76. The number of piperazine rings is 1. The second-order valence-electron chi connectivity index (χ2n) is 9.83. The number of amides is 1. The summed E-state index contributed by atoms with van der Waals surface area (Å²) < 4.78 is 12.0. The Hall–Kier alpha value is -3.53. The predicted octanol–water partition coefficient (Wildman–Crippen LogP) is 3.84. The molecule has 0 radical (unpaired) electrons. The fraction of sp³-hybridized carbons (Fsp3) is 0.536. The number of piperidine rings is 1. The number of carbonyl (C=O) groups excluding carboxylic acids is 1. The predicted molar refractivity (Wildman–Crippen MR) is 142 cm³/mol. The summed E-state index contributed by atoms with van der Waals surface area (Å²) in [6.45, 7) is 10.3. The molecule has 1 aromatic heterocycles. The van der Waals surface area contributed by atoms with Gasteiger partial charge in [0.2, 0.25) is 5.91 Å². The number of likely N-dealkylation sites (tertiary alicyclic amines) is 1. The van der Waals surface area contributed by atoms with E-state index in [0.29, 0.717) is 13.0 Å². The van der Waals surface area contributed by atoms with Gasteiger partial charge in [-0.15, -0.1) is 0 Å². The molecule has 0 atom stereocenters. The highest BCUT2D eigenvalue weighted by Gasteiger charge is 2.22. The van der Waals surface area contributed by atoms with E-state index in [-0.39, 0.29) is 24.9 Å². The van der Waals surface area contributed by atoms with Gasteiger partial charge < -0.3 is 29.2 Å². The van der Waals surface area contributed by atoms with E-state index in [1.54, 1.807) is 0 Å². The molecule has 0 bridgehead atoms. The van der Waals surface area contributed by atoms with Gasteiger partial charge in [-0.25, -0.2) is 0 Å². The van der Waals surface area contributed by atoms with Crippen molar-refractivity contribution in [3.8, 4) is 5.75 Å². The maximum atomic E-state index is 12.0. The number of ether oxygens (including phenoxy) is 1. The molecule has 2 fully saturated rings. The van der Waals surface area contributed by atoms with Gasteiger partial charge in [-0.1, -0.05) is 12.1 Å². The molecule has 1 amide bonds. The summed E-state index contributed by atoms with van der Waals surface area (Å²) >= 11 is 0. The molecule has 2 N–H and O–H groups in total. The number of furan rings is 1. The average molecular weight is 530 g/mol. The Morgan fingerprint density at radius 3 is 2.13 bits per heavy atom.